The van der Waals surface area contributed by atoms with Crippen LogP contribution in [0.3, 0.4) is 0 Å². The number of halogens is 3. The molecule has 0 bridgehead atoms. The molecule has 0 aromatic heterocycles. The van der Waals surface area contributed by atoms with Gasteiger partial charge in [-0.05, 0) is 80.9 Å². The zero-order valence-corrected chi connectivity index (χ0v) is 17.9. The number of aliphatic hydroxyl groups is 1. The van der Waals surface area contributed by atoms with Crippen molar-refractivity contribution < 1.29 is 23.1 Å². The molecular weight excluding hydrogens is 411 g/mol. The van der Waals surface area contributed by atoms with Crippen molar-refractivity contribution in [2.45, 2.75) is 81.0 Å². The van der Waals surface area contributed by atoms with E-state index in [1.54, 1.807) is 0 Å². The Balaban J connectivity index is 1.44. The molecule has 2 atom stereocenters. The second-order valence-electron chi connectivity index (χ2n) is 8.94. The van der Waals surface area contributed by atoms with E-state index < -0.39 is 11.8 Å². The third kappa shape index (κ3) is 4.28. The Labute approximate surface area is 179 Å². The minimum Gasteiger partial charge on any atom is -0.376 e. The van der Waals surface area contributed by atoms with Gasteiger partial charge in [-0.25, -0.2) is 0 Å². The highest BCUT2D eigenvalue weighted by Gasteiger charge is 2.51. The summed E-state index contributed by atoms with van der Waals surface area (Å²) in [5.74, 6) is 0.595. The quantitative estimate of drug-likeness (QED) is 0.646. The Bertz CT molecular complexity index is 786. The van der Waals surface area contributed by atoms with E-state index in [0.29, 0.717) is 16.7 Å². The van der Waals surface area contributed by atoms with Crippen molar-refractivity contribution in [1.82, 2.24) is 4.90 Å². The number of carbonyl (C=O) groups is 1. The number of hydrogen-bond donors (Lipinski definition) is 1. The number of alkyl halides is 3. The van der Waals surface area contributed by atoms with Gasteiger partial charge in [-0.15, -0.1) is 11.8 Å². The predicted molar refractivity (Wildman–Crippen MR) is 112 cm³/mol. The molecule has 1 amide bonds. The Kier molecular flexibility index (Phi) is 5.96. The summed E-state index contributed by atoms with van der Waals surface area (Å²) >= 11 is 1.92. The van der Waals surface area contributed by atoms with Gasteiger partial charge >= 0.3 is 6.18 Å². The highest BCUT2D eigenvalue weighted by atomic mass is 32.2. The lowest BCUT2D eigenvalue weighted by Crippen LogP contribution is -2.44. The van der Waals surface area contributed by atoms with Crippen LogP contribution in [-0.4, -0.2) is 39.4 Å². The second kappa shape index (κ2) is 8.23. The molecule has 0 radical (unpaired) electrons. The van der Waals surface area contributed by atoms with Crippen LogP contribution in [0.5, 0.6) is 0 Å². The van der Waals surface area contributed by atoms with E-state index in [1.807, 2.05) is 16.7 Å². The van der Waals surface area contributed by atoms with Crippen LogP contribution in [-0.2, 0) is 5.60 Å². The van der Waals surface area contributed by atoms with Crippen molar-refractivity contribution in [2.24, 2.45) is 5.92 Å². The van der Waals surface area contributed by atoms with Crippen molar-refractivity contribution in [3.8, 4) is 0 Å². The fraction of sp³-hybridized carbons (Fsp3) is 0.609. The summed E-state index contributed by atoms with van der Waals surface area (Å²) in [5, 5.41) is 12.7. The van der Waals surface area contributed by atoms with Gasteiger partial charge in [0, 0.05) is 22.9 Å². The zero-order valence-electron chi connectivity index (χ0n) is 17.1. The van der Waals surface area contributed by atoms with Gasteiger partial charge in [0.1, 0.15) is 0 Å². The smallest absolute Gasteiger partial charge is 0.376 e. The fourth-order valence-electron chi connectivity index (χ4n) is 4.69. The van der Waals surface area contributed by atoms with Crippen LogP contribution >= 0.6 is 11.8 Å². The number of allylic oxidation sites excluding steroid dienone is 1. The third-order valence-electron chi connectivity index (χ3n) is 6.80. The molecule has 1 aromatic rings. The Morgan fingerprint density at radius 3 is 2.07 bits per heavy atom. The number of amides is 1. The normalized spacial score (nSPS) is 28.9. The maximum atomic E-state index is 13.2. The topological polar surface area (TPSA) is 40.5 Å². The van der Waals surface area contributed by atoms with E-state index in [4.69, 9.17) is 0 Å². The van der Waals surface area contributed by atoms with E-state index in [0.717, 1.165) is 51.9 Å². The van der Waals surface area contributed by atoms with Crippen LogP contribution in [0.15, 0.2) is 35.7 Å². The van der Waals surface area contributed by atoms with Gasteiger partial charge in [0.25, 0.3) is 5.91 Å². The largest absolute Gasteiger partial charge is 0.421 e. The minimum atomic E-state index is -4.77. The summed E-state index contributed by atoms with van der Waals surface area (Å²) in [4.78, 5) is 15.2. The SMILES string of the molecule is C[C@](O)(c1ccc(C(=O)N(C2CCC(C3CC=CS3)CC2)C2CC2)cc1)C(F)(F)F. The summed E-state index contributed by atoms with van der Waals surface area (Å²) in [7, 11) is 0. The van der Waals surface area contributed by atoms with E-state index >= 15 is 0 Å². The van der Waals surface area contributed by atoms with E-state index in [2.05, 4.69) is 11.5 Å². The van der Waals surface area contributed by atoms with Crippen molar-refractivity contribution in [1.29, 1.82) is 0 Å². The van der Waals surface area contributed by atoms with Crippen molar-refractivity contribution in [2.75, 3.05) is 0 Å². The van der Waals surface area contributed by atoms with Gasteiger partial charge in [-0.1, -0.05) is 18.2 Å². The molecule has 1 N–H and O–H groups in total. The van der Waals surface area contributed by atoms with Gasteiger partial charge in [-0.3, -0.25) is 4.79 Å². The first-order valence-corrected chi connectivity index (χ1v) is 11.7. The number of carbonyl (C=O) groups excluding carboxylic acids is 1. The molecule has 2 aliphatic carbocycles. The molecule has 3 nitrogen and oxygen atoms in total. The number of rotatable bonds is 5. The molecule has 7 heteroatoms. The first-order valence-electron chi connectivity index (χ1n) is 10.7. The molecule has 3 aliphatic rings. The molecule has 1 aliphatic heterocycles. The highest BCUT2D eigenvalue weighted by Crippen LogP contribution is 2.42. The predicted octanol–water partition coefficient (Wildman–Crippen LogP) is 5.64. The maximum absolute atomic E-state index is 13.2. The summed E-state index contributed by atoms with van der Waals surface area (Å²) in [6, 6.07) is 5.72. The molecule has 164 valence electrons. The van der Waals surface area contributed by atoms with Crippen molar-refractivity contribution in [3.05, 3.63) is 46.9 Å². The lowest BCUT2D eigenvalue weighted by Gasteiger charge is -2.38. The first kappa shape index (κ1) is 21.8. The standard InChI is InChI=1S/C23H28F3NO2S/c1-22(29,23(24,25)26)17-8-4-16(5-9-17)21(28)27(19-12-13-19)18-10-6-15(7-11-18)20-3-2-14-30-20/h2,4-5,8-9,14-15,18-20,29H,3,6-7,10-13H2,1H3/t15?,18?,20?,22-/m0/s1. The van der Waals surface area contributed by atoms with Crippen molar-refractivity contribution >= 4 is 17.7 Å². The first-order chi connectivity index (χ1) is 14.2. The van der Waals surface area contributed by atoms with Gasteiger partial charge in [0.05, 0.1) is 0 Å². The number of nitrogens with zero attached hydrogens (tertiary/aromatic N) is 1. The van der Waals surface area contributed by atoms with Crippen LogP contribution < -0.4 is 0 Å². The van der Waals surface area contributed by atoms with Crippen LogP contribution in [0.2, 0.25) is 0 Å². The average molecular weight is 440 g/mol. The number of hydrogen-bond acceptors (Lipinski definition) is 3. The molecule has 0 spiro atoms. The maximum Gasteiger partial charge on any atom is 0.421 e. The fourth-order valence-corrected chi connectivity index (χ4v) is 5.83. The second-order valence-corrected chi connectivity index (χ2v) is 10.1. The van der Waals surface area contributed by atoms with E-state index in [9.17, 15) is 23.1 Å². The summed E-state index contributed by atoms with van der Waals surface area (Å²) < 4.78 is 39.2. The molecule has 1 unspecified atom stereocenters. The van der Waals surface area contributed by atoms with Crippen molar-refractivity contribution in [3.63, 3.8) is 0 Å². The minimum absolute atomic E-state index is 0.101. The van der Waals surface area contributed by atoms with Crippen LogP contribution in [0.4, 0.5) is 13.2 Å². The molecule has 4 rings (SSSR count). The number of thioether (sulfide) groups is 1. The van der Waals surface area contributed by atoms with Crippen LogP contribution in [0.25, 0.3) is 0 Å². The van der Waals surface area contributed by atoms with Crippen LogP contribution in [0, 0.1) is 5.92 Å². The van der Waals surface area contributed by atoms with Crippen LogP contribution in [0.1, 0.15) is 67.8 Å². The average Bonchev–Trinajstić information content (AvgIpc) is 3.39. The Morgan fingerprint density at radius 2 is 1.60 bits per heavy atom. The lowest BCUT2D eigenvalue weighted by molar-refractivity contribution is -0.258. The van der Waals surface area contributed by atoms with E-state index in [-0.39, 0.29) is 23.6 Å². The molecule has 2 fully saturated rings. The Hall–Kier alpha value is -1.47. The lowest BCUT2D eigenvalue weighted by atomic mass is 9.82. The highest BCUT2D eigenvalue weighted by molar-refractivity contribution is 8.03. The molecule has 0 saturated heterocycles. The zero-order chi connectivity index (χ0) is 21.5. The summed E-state index contributed by atoms with van der Waals surface area (Å²) in [6.45, 7) is 0.733. The van der Waals surface area contributed by atoms with Gasteiger partial charge in [0.15, 0.2) is 5.60 Å². The Morgan fingerprint density at radius 1 is 1.03 bits per heavy atom. The molecular formula is C23H28F3NO2S. The summed E-state index contributed by atoms with van der Waals surface area (Å²) in [6.07, 6.45) is 4.81. The van der Waals surface area contributed by atoms with E-state index in [1.165, 1.54) is 24.3 Å². The molecule has 30 heavy (non-hydrogen) atoms. The monoisotopic (exact) mass is 439 g/mol. The van der Waals surface area contributed by atoms with Gasteiger partial charge in [0.2, 0.25) is 0 Å². The number of benzene rings is 1. The van der Waals surface area contributed by atoms with Gasteiger partial charge < -0.3 is 10.0 Å². The third-order valence-corrected chi connectivity index (χ3v) is 8.08. The summed E-state index contributed by atoms with van der Waals surface area (Å²) in [5.41, 5.74) is -2.80. The molecule has 2 saturated carbocycles. The van der Waals surface area contributed by atoms with Gasteiger partial charge in [-0.2, -0.15) is 13.2 Å². The molecule has 1 aromatic carbocycles. The molecule has 1 heterocycles.